The summed E-state index contributed by atoms with van der Waals surface area (Å²) in [6, 6.07) is 13.4. The van der Waals surface area contributed by atoms with Gasteiger partial charge < -0.3 is 24.4 Å². The number of likely N-dealkylation sites (N-methyl/N-ethyl adjacent to an activating group) is 1. The van der Waals surface area contributed by atoms with Crippen LogP contribution in [0.3, 0.4) is 0 Å². The van der Waals surface area contributed by atoms with Gasteiger partial charge in [-0.1, -0.05) is 18.2 Å². The van der Waals surface area contributed by atoms with Gasteiger partial charge in [0.1, 0.15) is 11.5 Å². The lowest BCUT2D eigenvalue weighted by atomic mass is 9.93. The number of carbonyl (C=O) groups is 3. The number of benzene rings is 2. The lowest BCUT2D eigenvalue weighted by Gasteiger charge is -2.43. The van der Waals surface area contributed by atoms with Crippen LogP contribution in [0.2, 0.25) is 0 Å². The third kappa shape index (κ3) is 5.91. The number of ether oxygens (including phenoxy) is 3. The Morgan fingerprint density at radius 2 is 1.77 bits per heavy atom. The molecule has 2 heterocycles. The Morgan fingerprint density at radius 1 is 1.02 bits per heavy atom. The van der Waals surface area contributed by atoms with Crippen molar-refractivity contribution in [2.45, 2.75) is 32.9 Å². The number of urea groups is 1. The summed E-state index contributed by atoms with van der Waals surface area (Å²) < 4.78 is 16.5. The molecule has 0 aliphatic carbocycles. The van der Waals surface area contributed by atoms with Crippen molar-refractivity contribution in [3.05, 3.63) is 70.9 Å². The first kappa shape index (κ1) is 28.9. The molecule has 2 aliphatic heterocycles. The number of methoxy groups -OCH3 is 2. The number of esters is 1. The van der Waals surface area contributed by atoms with Crippen LogP contribution in [-0.2, 0) is 9.53 Å². The predicted octanol–water partition coefficient (Wildman–Crippen LogP) is 3.45. The van der Waals surface area contributed by atoms with Gasteiger partial charge >= 0.3 is 12.0 Å². The molecular formula is C30H38N4O6. The molecule has 3 amide bonds. The minimum absolute atomic E-state index is 0.00179. The number of carbonyl (C=O) groups excluding carboxylic acids is 3. The van der Waals surface area contributed by atoms with E-state index in [1.807, 2.05) is 49.1 Å². The Balaban J connectivity index is 1.68. The summed E-state index contributed by atoms with van der Waals surface area (Å²) in [6.07, 6.45) is 0. The number of hydrogen-bond acceptors (Lipinski definition) is 7. The first-order chi connectivity index (χ1) is 19.3. The molecule has 0 saturated carbocycles. The van der Waals surface area contributed by atoms with E-state index >= 15 is 0 Å². The van der Waals surface area contributed by atoms with Crippen molar-refractivity contribution in [2.24, 2.45) is 0 Å². The third-order valence-corrected chi connectivity index (χ3v) is 7.37. The average Bonchev–Trinajstić information content (AvgIpc) is 2.97. The highest BCUT2D eigenvalue weighted by atomic mass is 16.5. The van der Waals surface area contributed by atoms with Crippen molar-refractivity contribution in [2.75, 3.05) is 53.6 Å². The monoisotopic (exact) mass is 550 g/mol. The van der Waals surface area contributed by atoms with Crippen LogP contribution in [0.15, 0.2) is 59.8 Å². The van der Waals surface area contributed by atoms with Crippen molar-refractivity contribution in [1.29, 1.82) is 0 Å². The molecule has 1 saturated heterocycles. The van der Waals surface area contributed by atoms with Crippen LogP contribution in [0.4, 0.5) is 4.79 Å². The summed E-state index contributed by atoms with van der Waals surface area (Å²) in [5.41, 5.74) is 2.23. The lowest BCUT2D eigenvalue weighted by Crippen LogP contribution is -2.56. The lowest BCUT2D eigenvalue weighted by molar-refractivity contribution is -0.139. The third-order valence-electron chi connectivity index (χ3n) is 7.37. The van der Waals surface area contributed by atoms with Crippen LogP contribution < -0.4 is 14.8 Å². The van der Waals surface area contributed by atoms with Crippen LogP contribution in [-0.4, -0.2) is 92.2 Å². The van der Waals surface area contributed by atoms with Crippen LogP contribution in [0.25, 0.3) is 0 Å². The van der Waals surface area contributed by atoms with Gasteiger partial charge in [0.15, 0.2) is 0 Å². The molecule has 0 spiro atoms. The minimum Gasteiger partial charge on any atom is -0.497 e. The van der Waals surface area contributed by atoms with Gasteiger partial charge in [0, 0.05) is 61.7 Å². The fourth-order valence-electron chi connectivity index (χ4n) is 5.38. The van der Waals surface area contributed by atoms with Crippen LogP contribution in [0.1, 0.15) is 42.7 Å². The molecule has 1 N–H and O–H groups in total. The summed E-state index contributed by atoms with van der Waals surface area (Å²) in [5.74, 6) is 0.581. The zero-order valence-corrected chi connectivity index (χ0v) is 23.8. The maximum atomic E-state index is 13.5. The molecule has 0 bridgehead atoms. The molecule has 40 heavy (non-hydrogen) atoms. The van der Waals surface area contributed by atoms with Gasteiger partial charge in [-0.25, -0.2) is 9.59 Å². The van der Waals surface area contributed by atoms with Crippen molar-refractivity contribution in [3.63, 3.8) is 0 Å². The fourth-order valence-corrected chi connectivity index (χ4v) is 5.38. The topological polar surface area (TPSA) is 101 Å². The van der Waals surface area contributed by atoms with Gasteiger partial charge in [-0.15, -0.1) is 0 Å². The first-order valence-corrected chi connectivity index (χ1v) is 13.6. The maximum Gasteiger partial charge on any atom is 0.338 e. The highest BCUT2D eigenvalue weighted by Crippen LogP contribution is 2.38. The highest BCUT2D eigenvalue weighted by Gasteiger charge is 2.40. The molecule has 0 aromatic heterocycles. The Labute approximate surface area is 235 Å². The number of amides is 3. The molecule has 0 radical (unpaired) electrons. The summed E-state index contributed by atoms with van der Waals surface area (Å²) in [4.78, 5) is 45.6. The Hall–Kier alpha value is -4.05. The molecule has 2 aromatic rings. The van der Waals surface area contributed by atoms with Crippen molar-refractivity contribution >= 4 is 17.9 Å². The predicted molar refractivity (Wildman–Crippen MR) is 150 cm³/mol. The number of piperazine rings is 1. The molecule has 2 unspecified atom stereocenters. The first-order valence-electron chi connectivity index (χ1n) is 13.6. The molecular weight excluding hydrogens is 512 g/mol. The standard InChI is InChI=1S/C30H38N4O6/c1-6-33-24(19-32-15-16-34(20(3)18-32)28(35)21-11-9-8-10-12-21)26(29(36)40-7-2)27(31-30(33)37)23-14-13-22(38-4)17-25(23)39-5/h8-14,17,20,27H,6-7,15-16,18-19H2,1-5H3,(H,31,37). The van der Waals surface area contributed by atoms with Gasteiger partial charge in [0.05, 0.1) is 32.4 Å². The summed E-state index contributed by atoms with van der Waals surface area (Å²) in [6.45, 7) is 8.28. The van der Waals surface area contributed by atoms with E-state index in [0.29, 0.717) is 66.6 Å². The molecule has 2 aromatic carbocycles. The van der Waals surface area contributed by atoms with Gasteiger partial charge in [-0.3, -0.25) is 14.6 Å². The van der Waals surface area contributed by atoms with Gasteiger partial charge in [0.25, 0.3) is 5.91 Å². The largest absolute Gasteiger partial charge is 0.497 e. The Morgan fingerprint density at radius 3 is 2.40 bits per heavy atom. The molecule has 10 heteroatoms. The van der Waals surface area contributed by atoms with Gasteiger partial charge in [-0.2, -0.15) is 0 Å². The van der Waals surface area contributed by atoms with E-state index in [4.69, 9.17) is 14.2 Å². The van der Waals surface area contributed by atoms with Crippen molar-refractivity contribution < 1.29 is 28.6 Å². The van der Waals surface area contributed by atoms with Crippen LogP contribution in [0.5, 0.6) is 11.5 Å². The second-order valence-corrected chi connectivity index (χ2v) is 9.76. The maximum absolute atomic E-state index is 13.5. The quantitative estimate of drug-likeness (QED) is 0.478. The Bertz CT molecular complexity index is 1260. The second-order valence-electron chi connectivity index (χ2n) is 9.76. The number of nitrogens with zero attached hydrogens (tertiary/aromatic N) is 3. The van der Waals surface area contributed by atoms with E-state index in [0.717, 1.165) is 0 Å². The molecule has 4 rings (SSSR count). The fraction of sp³-hybridized carbons (Fsp3) is 0.433. The summed E-state index contributed by atoms with van der Waals surface area (Å²) in [7, 11) is 3.10. The molecule has 2 atom stereocenters. The minimum atomic E-state index is -0.774. The number of nitrogens with one attached hydrogen (secondary N) is 1. The SMILES string of the molecule is CCOC(=O)C1=C(CN2CCN(C(=O)c3ccccc3)C(C)C2)N(CC)C(=O)NC1c1ccc(OC)cc1OC. The summed E-state index contributed by atoms with van der Waals surface area (Å²) >= 11 is 0. The highest BCUT2D eigenvalue weighted by molar-refractivity contribution is 5.96. The summed E-state index contributed by atoms with van der Waals surface area (Å²) in [5, 5.41) is 2.99. The average molecular weight is 551 g/mol. The van der Waals surface area contributed by atoms with E-state index in [1.165, 1.54) is 7.11 Å². The van der Waals surface area contributed by atoms with E-state index < -0.39 is 12.0 Å². The Kier molecular flexibility index (Phi) is 9.31. The van der Waals surface area contributed by atoms with Crippen molar-refractivity contribution in [1.82, 2.24) is 20.0 Å². The van der Waals surface area contributed by atoms with Crippen LogP contribution >= 0.6 is 0 Å². The van der Waals surface area contributed by atoms with E-state index in [-0.39, 0.29) is 24.6 Å². The molecule has 10 nitrogen and oxygen atoms in total. The zero-order chi connectivity index (χ0) is 28.8. The van der Waals surface area contributed by atoms with Crippen molar-refractivity contribution in [3.8, 4) is 11.5 Å². The second kappa shape index (κ2) is 12.9. The number of rotatable bonds is 9. The van der Waals surface area contributed by atoms with Crippen LogP contribution in [0, 0.1) is 0 Å². The smallest absolute Gasteiger partial charge is 0.338 e. The number of hydrogen-bond donors (Lipinski definition) is 1. The van der Waals surface area contributed by atoms with Gasteiger partial charge in [0.2, 0.25) is 0 Å². The van der Waals surface area contributed by atoms with E-state index in [1.54, 1.807) is 37.1 Å². The van der Waals surface area contributed by atoms with E-state index in [2.05, 4.69) is 10.2 Å². The molecule has 2 aliphatic rings. The van der Waals surface area contributed by atoms with E-state index in [9.17, 15) is 14.4 Å². The molecule has 214 valence electrons. The normalized spacial score (nSPS) is 19.8. The molecule has 1 fully saturated rings. The van der Waals surface area contributed by atoms with Gasteiger partial charge in [-0.05, 0) is 45.0 Å². The zero-order valence-electron chi connectivity index (χ0n) is 23.8.